The quantitative estimate of drug-likeness (QED) is 0.736. The second kappa shape index (κ2) is 4.32. The molecule has 1 aliphatic heterocycles. The summed E-state index contributed by atoms with van der Waals surface area (Å²) in [4.78, 5) is 6.25. The van der Waals surface area contributed by atoms with Crippen LogP contribution in [0.5, 0.6) is 0 Å². The van der Waals surface area contributed by atoms with Gasteiger partial charge in [-0.15, -0.1) is 0 Å². The maximum absolute atomic E-state index is 9.65. The maximum Gasteiger partial charge on any atom is 0.377 e. The summed E-state index contributed by atoms with van der Waals surface area (Å²) in [6, 6.07) is 0.0833. The molecule has 0 amide bonds. The summed E-state index contributed by atoms with van der Waals surface area (Å²) in [5.74, 6) is 1.29. The standard InChI is InChI=1S/C9H16BN3O2/c1-7-11-9(15-12-7)8-5-3-4-6-13(8)10(2)14/h8,14H,3-6H2,1-2H3. The highest BCUT2D eigenvalue weighted by Crippen LogP contribution is 2.29. The highest BCUT2D eigenvalue weighted by Gasteiger charge is 2.32. The zero-order valence-electron chi connectivity index (χ0n) is 9.18. The molecular formula is C9H16BN3O2. The van der Waals surface area contributed by atoms with Crippen molar-refractivity contribution in [2.45, 2.75) is 39.1 Å². The number of hydrogen-bond acceptors (Lipinski definition) is 5. The van der Waals surface area contributed by atoms with E-state index in [0.717, 1.165) is 25.8 Å². The molecule has 0 saturated carbocycles. The fourth-order valence-electron chi connectivity index (χ4n) is 2.11. The van der Waals surface area contributed by atoms with E-state index in [1.165, 1.54) is 0 Å². The molecule has 0 radical (unpaired) electrons. The van der Waals surface area contributed by atoms with Crippen molar-refractivity contribution >= 4 is 7.05 Å². The lowest BCUT2D eigenvalue weighted by Gasteiger charge is -2.33. The molecule has 1 N–H and O–H groups in total. The Morgan fingerprint density at radius 1 is 1.53 bits per heavy atom. The van der Waals surface area contributed by atoms with Crippen LogP contribution in [0.15, 0.2) is 4.52 Å². The Morgan fingerprint density at radius 3 is 2.93 bits per heavy atom. The van der Waals surface area contributed by atoms with Crippen LogP contribution >= 0.6 is 0 Å². The van der Waals surface area contributed by atoms with Crippen LogP contribution in [0.2, 0.25) is 6.82 Å². The molecule has 1 saturated heterocycles. The minimum absolute atomic E-state index is 0.0833. The molecule has 1 aromatic heterocycles. The largest absolute Gasteiger partial charge is 0.437 e. The summed E-state index contributed by atoms with van der Waals surface area (Å²) in [6.07, 6.45) is 3.25. The minimum Gasteiger partial charge on any atom is -0.437 e. The molecule has 1 atom stereocenters. The Kier molecular flexibility index (Phi) is 3.07. The van der Waals surface area contributed by atoms with E-state index in [2.05, 4.69) is 10.1 Å². The average Bonchev–Trinajstić information content (AvgIpc) is 2.65. The zero-order chi connectivity index (χ0) is 10.8. The van der Waals surface area contributed by atoms with Gasteiger partial charge in [-0.2, -0.15) is 4.98 Å². The highest BCUT2D eigenvalue weighted by atomic mass is 16.5. The Balaban J connectivity index is 2.17. The average molecular weight is 209 g/mol. The van der Waals surface area contributed by atoms with Crippen molar-refractivity contribution in [3.8, 4) is 0 Å². The predicted molar refractivity (Wildman–Crippen MR) is 56.2 cm³/mol. The molecule has 2 rings (SSSR count). The van der Waals surface area contributed by atoms with Crippen molar-refractivity contribution in [3.05, 3.63) is 11.7 Å². The van der Waals surface area contributed by atoms with Crippen LogP contribution in [-0.2, 0) is 0 Å². The van der Waals surface area contributed by atoms with Crippen molar-refractivity contribution in [1.82, 2.24) is 15.0 Å². The number of rotatable bonds is 2. The molecular weight excluding hydrogens is 193 g/mol. The van der Waals surface area contributed by atoms with E-state index in [9.17, 15) is 5.02 Å². The van der Waals surface area contributed by atoms with Gasteiger partial charge < -0.3 is 14.4 Å². The highest BCUT2D eigenvalue weighted by molar-refractivity contribution is 6.45. The molecule has 82 valence electrons. The second-order valence-corrected chi connectivity index (χ2v) is 4.06. The van der Waals surface area contributed by atoms with Gasteiger partial charge in [0, 0.05) is 0 Å². The number of hydrogen-bond donors (Lipinski definition) is 1. The number of aromatic nitrogens is 2. The van der Waals surface area contributed by atoms with Gasteiger partial charge >= 0.3 is 7.05 Å². The molecule has 15 heavy (non-hydrogen) atoms. The molecule has 5 nitrogen and oxygen atoms in total. The first-order valence-corrected chi connectivity index (χ1v) is 5.42. The maximum atomic E-state index is 9.65. The molecule has 1 aromatic rings. The third kappa shape index (κ3) is 2.21. The SMILES string of the molecule is CB(O)N1CCCCC1c1nc(C)no1. The van der Waals surface area contributed by atoms with Crippen LogP contribution in [0, 0.1) is 6.92 Å². The fraction of sp³-hybridized carbons (Fsp3) is 0.778. The number of aryl methyl sites for hydroxylation is 1. The summed E-state index contributed by atoms with van der Waals surface area (Å²) in [7, 11) is -0.456. The van der Waals surface area contributed by atoms with Gasteiger partial charge in [-0.05, 0) is 33.1 Å². The van der Waals surface area contributed by atoms with E-state index in [1.807, 2.05) is 11.7 Å². The summed E-state index contributed by atoms with van der Waals surface area (Å²) < 4.78 is 5.17. The van der Waals surface area contributed by atoms with E-state index in [4.69, 9.17) is 4.52 Å². The van der Waals surface area contributed by atoms with E-state index in [1.54, 1.807) is 6.82 Å². The minimum atomic E-state index is -0.456. The Bertz CT molecular complexity index is 329. The fourth-order valence-corrected chi connectivity index (χ4v) is 2.11. The van der Waals surface area contributed by atoms with Crippen LogP contribution < -0.4 is 0 Å². The summed E-state index contributed by atoms with van der Waals surface area (Å²) in [5, 5.41) is 13.4. The molecule has 1 unspecified atom stereocenters. The first-order chi connectivity index (χ1) is 7.18. The monoisotopic (exact) mass is 209 g/mol. The molecule has 2 heterocycles. The van der Waals surface area contributed by atoms with Gasteiger partial charge in [0.1, 0.15) is 0 Å². The Morgan fingerprint density at radius 2 is 2.33 bits per heavy atom. The van der Waals surface area contributed by atoms with Gasteiger partial charge in [0.15, 0.2) is 5.82 Å². The van der Waals surface area contributed by atoms with Gasteiger partial charge in [-0.1, -0.05) is 11.6 Å². The normalized spacial score (nSPS) is 23.0. The van der Waals surface area contributed by atoms with E-state index < -0.39 is 7.05 Å². The lowest BCUT2D eigenvalue weighted by molar-refractivity contribution is 0.184. The van der Waals surface area contributed by atoms with Crippen molar-refractivity contribution < 1.29 is 9.55 Å². The van der Waals surface area contributed by atoms with Crippen molar-refractivity contribution in [2.75, 3.05) is 6.54 Å². The molecule has 0 spiro atoms. The lowest BCUT2D eigenvalue weighted by Crippen LogP contribution is -2.43. The third-order valence-electron chi connectivity index (χ3n) is 2.85. The molecule has 1 fully saturated rings. The molecule has 0 aromatic carbocycles. The molecule has 6 heteroatoms. The molecule has 0 bridgehead atoms. The van der Waals surface area contributed by atoms with Crippen LogP contribution in [-0.4, -0.2) is 33.6 Å². The lowest BCUT2D eigenvalue weighted by atomic mass is 9.80. The predicted octanol–water partition coefficient (Wildman–Crippen LogP) is 1.02. The van der Waals surface area contributed by atoms with Crippen LogP contribution in [0.3, 0.4) is 0 Å². The molecule has 0 aliphatic carbocycles. The Hall–Kier alpha value is -0.875. The van der Waals surface area contributed by atoms with E-state index >= 15 is 0 Å². The van der Waals surface area contributed by atoms with Crippen molar-refractivity contribution in [3.63, 3.8) is 0 Å². The third-order valence-corrected chi connectivity index (χ3v) is 2.85. The second-order valence-electron chi connectivity index (χ2n) is 4.06. The van der Waals surface area contributed by atoms with Crippen molar-refractivity contribution in [2.24, 2.45) is 0 Å². The number of piperidine rings is 1. The molecule has 1 aliphatic rings. The van der Waals surface area contributed by atoms with Crippen LogP contribution in [0.25, 0.3) is 0 Å². The summed E-state index contributed by atoms with van der Waals surface area (Å²) in [5.41, 5.74) is 0. The van der Waals surface area contributed by atoms with Gasteiger partial charge in [-0.25, -0.2) is 0 Å². The first-order valence-electron chi connectivity index (χ1n) is 5.42. The topological polar surface area (TPSA) is 62.4 Å². The van der Waals surface area contributed by atoms with E-state index in [-0.39, 0.29) is 6.04 Å². The first kappa shape index (κ1) is 10.6. The van der Waals surface area contributed by atoms with Crippen molar-refractivity contribution in [1.29, 1.82) is 0 Å². The van der Waals surface area contributed by atoms with Crippen LogP contribution in [0.1, 0.15) is 37.0 Å². The van der Waals surface area contributed by atoms with Gasteiger partial charge in [-0.3, -0.25) is 0 Å². The van der Waals surface area contributed by atoms with Gasteiger partial charge in [0.25, 0.3) is 0 Å². The summed E-state index contributed by atoms with van der Waals surface area (Å²) >= 11 is 0. The number of nitrogens with zero attached hydrogens (tertiary/aromatic N) is 3. The van der Waals surface area contributed by atoms with Gasteiger partial charge in [0.05, 0.1) is 6.04 Å². The van der Waals surface area contributed by atoms with E-state index in [0.29, 0.717) is 11.7 Å². The zero-order valence-corrected chi connectivity index (χ0v) is 9.18. The summed E-state index contributed by atoms with van der Waals surface area (Å²) in [6.45, 7) is 4.48. The van der Waals surface area contributed by atoms with Crippen LogP contribution in [0.4, 0.5) is 0 Å². The van der Waals surface area contributed by atoms with Gasteiger partial charge in [0.2, 0.25) is 5.89 Å². The smallest absolute Gasteiger partial charge is 0.377 e. The Labute approximate surface area is 89.6 Å².